The van der Waals surface area contributed by atoms with Crippen LogP contribution in [0.2, 0.25) is 0 Å². The Balaban J connectivity index is 1.46. The fourth-order valence-corrected chi connectivity index (χ4v) is 3.00. The van der Waals surface area contributed by atoms with Gasteiger partial charge in [0.25, 0.3) is 5.91 Å². The molecule has 0 saturated heterocycles. The molecule has 1 amide bonds. The summed E-state index contributed by atoms with van der Waals surface area (Å²) in [5.41, 5.74) is 3.01. The second-order valence-corrected chi connectivity index (χ2v) is 6.68. The van der Waals surface area contributed by atoms with Gasteiger partial charge >= 0.3 is 0 Å². The van der Waals surface area contributed by atoms with Crippen LogP contribution in [0.5, 0.6) is 11.5 Å². The molecule has 7 heteroatoms. The van der Waals surface area contributed by atoms with Crippen LogP contribution >= 0.6 is 0 Å². The van der Waals surface area contributed by atoms with Gasteiger partial charge in [-0.2, -0.15) is 5.10 Å². The molecule has 0 spiro atoms. The van der Waals surface area contributed by atoms with E-state index in [4.69, 9.17) is 4.74 Å². The second-order valence-electron chi connectivity index (χ2n) is 6.68. The average molecular weight is 402 g/mol. The summed E-state index contributed by atoms with van der Waals surface area (Å²) < 4.78 is 20.4. The van der Waals surface area contributed by atoms with E-state index in [1.54, 1.807) is 41.3 Å². The first-order valence-electron chi connectivity index (χ1n) is 9.33. The Labute approximate surface area is 173 Å². The van der Waals surface area contributed by atoms with E-state index in [1.807, 2.05) is 25.4 Å². The van der Waals surface area contributed by atoms with Crippen molar-refractivity contribution in [1.82, 2.24) is 20.1 Å². The summed E-state index contributed by atoms with van der Waals surface area (Å²) in [7, 11) is 1.84. The van der Waals surface area contributed by atoms with Crippen molar-refractivity contribution in [3.63, 3.8) is 0 Å². The highest BCUT2D eigenvalue weighted by atomic mass is 19.1. The monoisotopic (exact) mass is 402 g/mol. The molecular weight excluding hydrogens is 383 g/mol. The van der Waals surface area contributed by atoms with E-state index in [-0.39, 0.29) is 11.7 Å². The van der Waals surface area contributed by atoms with Gasteiger partial charge in [0.1, 0.15) is 17.3 Å². The molecule has 0 unspecified atom stereocenters. The van der Waals surface area contributed by atoms with Crippen LogP contribution in [0.1, 0.15) is 15.9 Å². The molecule has 0 radical (unpaired) electrons. The fraction of sp³-hybridized carbons (Fsp3) is 0.0870. The normalized spacial score (nSPS) is 10.6. The van der Waals surface area contributed by atoms with Crippen LogP contribution in [0.4, 0.5) is 4.39 Å². The third-order valence-electron chi connectivity index (χ3n) is 4.45. The van der Waals surface area contributed by atoms with Crippen molar-refractivity contribution < 1.29 is 13.9 Å². The number of hydrogen-bond donors (Lipinski definition) is 1. The number of hydrogen-bond acceptors (Lipinski definition) is 4. The van der Waals surface area contributed by atoms with Crippen molar-refractivity contribution in [2.24, 2.45) is 7.05 Å². The summed E-state index contributed by atoms with van der Waals surface area (Å²) in [4.78, 5) is 17.1. The van der Waals surface area contributed by atoms with Crippen molar-refractivity contribution in [2.45, 2.75) is 6.54 Å². The number of amides is 1. The minimum atomic E-state index is -0.337. The van der Waals surface area contributed by atoms with Crippen LogP contribution in [0, 0.1) is 5.82 Å². The van der Waals surface area contributed by atoms with Gasteiger partial charge in [-0.15, -0.1) is 0 Å². The highest BCUT2D eigenvalue weighted by Gasteiger charge is 2.11. The maximum atomic E-state index is 13.0. The van der Waals surface area contributed by atoms with Crippen LogP contribution in [0.3, 0.4) is 0 Å². The third kappa shape index (κ3) is 4.52. The molecule has 0 aliphatic heterocycles. The highest BCUT2D eigenvalue weighted by Crippen LogP contribution is 2.23. The first-order chi connectivity index (χ1) is 14.6. The van der Waals surface area contributed by atoms with Gasteiger partial charge in [-0.25, -0.2) is 4.39 Å². The second kappa shape index (κ2) is 8.57. The minimum absolute atomic E-state index is 0.236. The van der Waals surface area contributed by atoms with Crippen molar-refractivity contribution in [1.29, 1.82) is 0 Å². The van der Waals surface area contributed by atoms with Crippen LogP contribution in [0.15, 0.2) is 79.3 Å². The lowest BCUT2D eigenvalue weighted by Crippen LogP contribution is -2.23. The van der Waals surface area contributed by atoms with Crippen molar-refractivity contribution in [3.8, 4) is 22.8 Å². The number of ether oxygens (including phenoxy) is 1. The minimum Gasteiger partial charge on any atom is -0.457 e. The van der Waals surface area contributed by atoms with E-state index in [0.717, 1.165) is 16.8 Å². The van der Waals surface area contributed by atoms with Crippen molar-refractivity contribution in [2.75, 3.05) is 0 Å². The van der Waals surface area contributed by atoms with Gasteiger partial charge in [-0.1, -0.05) is 12.1 Å². The Morgan fingerprint density at radius 2 is 1.93 bits per heavy atom. The lowest BCUT2D eigenvalue weighted by molar-refractivity contribution is 0.0950. The molecule has 4 rings (SSSR count). The zero-order valence-corrected chi connectivity index (χ0v) is 16.2. The number of aryl methyl sites for hydroxylation is 1. The number of carbonyl (C=O) groups is 1. The quantitative estimate of drug-likeness (QED) is 0.521. The smallest absolute Gasteiger partial charge is 0.251 e. The zero-order valence-electron chi connectivity index (χ0n) is 16.2. The van der Waals surface area contributed by atoms with E-state index in [1.165, 1.54) is 24.3 Å². The molecule has 0 fully saturated rings. The van der Waals surface area contributed by atoms with E-state index in [2.05, 4.69) is 15.4 Å². The molecule has 0 saturated carbocycles. The molecule has 0 bridgehead atoms. The molecular formula is C23H19FN4O2. The van der Waals surface area contributed by atoms with Gasteiger partial charge in [-0.05, 0) is 54.1 Å². The first-order valence-corrected chi connectivity index (χ1v) is 9.33. The van der Waals surface area contributed by atoms with Crippen LogP contribution in [0.25, 0.3) is 11.3 Å². The molecule has 2 aromatic heterocycles. The van der Waals surface area contributed by atoms with Crippen LogP contribution in [-0.4, -0.2) is 20.7 Å². The van der Waals surface area contributed by atoms with Crippen molar-refractivity contribution in [3.05, 3.63) is 96.2 Å². The fourth-order valence-electron chi connectivity index (χ4n) is 3.00. The zero-order chi connectivity index (χ0) is 20.9. The Bertz CT molecular complexity index is 1170. The standard InChI is InChI=1S/C23H19FN4O2/c1-28-15-18(14-27-28)22-17(5-3-11-25-22)13-26-23(29)16-4-2-6-21(12-16)30-20-9-7-19(24)8-10-20/h2-12,14-15H,13H2,1H3,(H,26,29). The molecule has 0 aliphatic carbocycles. The molecule has 4 aromatic rings. The van der Waals surface area contributed by atoms with Crippen molar-refractivity contribution >= 4 is 5.91 Å². The number of benzene rings is 2. The molecule has 0 atom stereocenters. The van der Waals surface area contributed by atoms with Gasteiger partial charge in [0.05, 0.1) is 11.9 Å². The number of carbonyl (C=O) groups excluding carboxylic acids is 1. The SMILES string of the molecule is Cn1cc(-c2ncccc2CNC(=O)c2cccc(Oc3ccc(F)cc3)c2)cn1. The van der Waals surface area contributed by atoms with Gasteiger partial charge in [0, 0.05) is 37.1 Å². The summed E-state index contributed by atoms with van der Waals surface area (Å²) >= 11 is 0. The molecule has 2 aromatic carbocycles. The number of halogens is 1. The summed E-state index contributed by atoms with van der Waals surface area (Å²) in [5.74, 6) is 0.411. The van der Waals surface area contributed by atoms with E-state index in [0.29, 0.717) is 23.6 Å². The summed E-state index contributed by atoms with van der Waals surface area (Å²) in [6.45, 7) is 0.319. The molecule has 30 heavy (non-hydrogen) atoms. The Morgan fingerprint density at radius 3 is 2.70 bits per heavy atom. The largest absolute Gasteiger partial charge is 0.457 e. The van der Waals surface area contributed by atoms with E-state index in [9.17, 15) is 9.18 Å². The Kier molecular flexibility index (Phi) is 5.52. The summed E-state index contributed by atoms with van der Waals surface area (Å²) in [5, 5.41) is 7.10. The molecule has 2 heterocycles. The number of nitrogens with zero attached hydrogens (tertiary/aromatic N) is 3. The number of rotatable bonds is 6. The lowest BCUT2D eigenvalue weighted by Gasteiger charge is -2.10. The van der Waals surface area contributed by atoms with Crippen LogP contribution in [-0.2, 0) is 13.6 Å². The Morgan fingerprint density at radius 1 is 1.10 bits per heavy atom. The first kappa shape index (κ1) is 19.3. The van der Waals surface area contributed by atoms with Gasteiger partial charge in [-0.3, -0.25) is 14.5 Å². The lowest BCUT2D eigenvalue weighted by atomic mass is 10.1. The van der Waals surface area contributed by atoms with E-state index < -0.39 is 0 Å². The van der Waals surface area contributed by atoms with Gasteiger partial charge < -0.3 is 10.1 Å². The molecule has 0 aliphatic rings. The molecule has 6 nitrogen and oxygen atoms in total. The molecule has 1 N–H and O–H groups in total. The van der Waals surface area contributed by atoms with Gasteiger partial charge in [0.2, 0.25) is 0 Å². The predicted molar refractivity (Wildman–Crippen MR) is 111 cm³/mol. The number of pyridine rings is 1. The summed E-state index contributed by atoms with van der Waals surface area (Å²) in [6.07, 6.45) is 5.33. The maximum Gasteiger partial charge on any atom is 0.251 e. The number of nitrogens with one attached hydrogen (secondary N) is 1. The highest BCUT2D eigenvalue weighted by molar-refractivity contribution is 5.94. The topological polar surface area (TPSA) is 69.0 Å². The van der Waals surface area contributed by atoms with Gasteiger partial charge in [0.15, 0.2) is 0 Å². The number of aromatic nitrogens is 3. The van der Waals surface area contributed by atoms with E-state index >= 15 is 0 Å². The molecule has 150 valence electrons. The predicted octanol–water partition coefficient (Wildman–Crippen LogP) is 4.34. The Hall–Kier alpha value is -4.00. The maximum absolute atomic E-state index is 13.0. The third-order valence-corrected chi connectivity index (χ3v) is 4.45. The summed E-state index contributed by atoms with van der Waals surface area (Å²) in [6, 6.07) is 16.3. The van der Waals surface area contributed by atoms with Crippen LogP contribution < -0.4 is 10.1 Å². The average Bonchev–Trinajstić information content (AvgIpc) is 3.20.